The van der Waals surface area contributed by atoms with Crippen molar-refractivity contribution in [3.63, 3.8) is 0 Å². The van der Waals surface area contributed by atoms with Gasteiger partial charge in [0.05, 0.1) is 12.6 Å². The molecule has 1 aromatic heterocycles. The maximum absolute atomic E-state index is 12.5. The van der Waals surface area contributed by atoms with Crippen LogP contribution in [0.1, 0.15) is 44.9 Å². The molecule has 1 N–H and O–H groups in total. The maximum atomic E-state index is 12.5. The van der Waals surface area contributed by atoms with E-state index in [1.54, 1.807) is 0 Å². The molecule has 0 aliphatic carbocycles. The Morgan fingerprint density at radius 3 is 2.32 bits per heavy atom. The molecule has 0 spiro atoms. The van der Waals surface area contributed by atoms with Crippen molar-refractivity contribution in [3.8, 4) is 0 Å². The predicted octanol–water partition coefficient (Wildman–Crippen LogP) is 3.38. The van der Waals surface area contributed by atoms with E-state index in [0.29, 0.717) is 6.54 Å². The van der Waals surface area contributed by atoms with Gasteiger partial charge in [-0.2, -0.15) is 0 Å². The second kappa shape index (κ2) is 8.74. The lowest BCUT2D eigenvalue weighted by Crippen LogP contribution is -2.49. The number of nitrogens with zero attached hydrogens (tertiary/aromatic N) is 3. The van der Waals surface area contributed by atoms with E-state index in [1.165, 1.54) is 5.56 Å². The first-order valence-electron chi connectivity index (χ1n) is 10.1. The van der Waals surface area contributed by atoms with Gasteiger partial charge < -0.3 is 10.2 Å². The molecule has 1 fully saturated rings. The first kappa shape index (κ1) is 20.3. The molecule has 0 bridgehead atoms. The molecule has 0 saturated carbocycles. The Morgan fingerprint density at radius 1 is 1.07 bits per heavy atom. The third kappa shape index (κ3) is 5.32. The van der Waals surface area contributed by atoms with Crippen molar-refractivity contribution >= 4 is 11.7 Å². The van der Waals surface area contributed by atoms with E-state index in [1.807, 2.05) is 31.3 Å². The second-order valence-corrected chi connectivity index (χ2v) is 8.61. The average Bonchev–Trinajstić information content (AvgIpc) is 2.68. The predicted molar refractivity (Wildman–Crippen MR) is 115 cm³/mol. The van der Waals surface area contributed by atoms with Gasteiger partial charge in [0.25, 0.3) is 0 Å². The number of carbonyl (C=O) groups is 1. The monoisotopic (exact) mass is 380 g/mol. The van der Waals surface area contributed by atoms with Crippen molar-refractivity contribution in [2.75, 3.05) is 37.6 Å². The van der Waals surface area contributed by atoms with Gasteiger partial charge in [0, 0.05) is 32.4 Å². The molecule has 1 aliphatic rings. The van der Waals surface area contributed by atoms with Crippen molar-refractivity contribution in [3.05, 3.63) is 59.8 Å². The summed E-state index contributed by atoms with van der Waals surface area (Å²) in [5.41, 5.74) is 2.59. The zero-order chi connectivity index (χ0) is 20.1. The first-order valence-corrected chi connectivity index (χ1v) is 10.1. The molecule has 1 atom stereocenters. The fourth-order valence-electron chi connectivity index (χ4n) is 3.52. The minimum atomic E-state index is 0.0105. The Morgan fingerprint density at radius 2 is 1.75 bits per heavy atom. The molecular formula is C23H32N4O. The Hall–Kier alpha value is -2.40. The van der Waals surface area contributed by atoms with Crippen LogP contribution in [0.3, 0.4) is 0 Å². The number of hydrogen-bond donors (Lipinski definition) is 1. The average molecular weight is 381 g/mol. The smallest absolute Gasteiger partial charge is 0.234 e. The zero-order valence-electron chi connectivity index (χ0n) is 17.5. The van der Waals surface area contributed by atoms with Crippen LogP contribution >= 0.6 is 0 Å². The number of aromatic nitrogens is 1. The van der Waals surface area contributed by atoms with Gasteiger partial charge in [-0.25, -0.2) is 4.98 Å². The zero-order valence-corrected chi connectivity index (χ0v) is 17.5. The van der Waals surface area contributed by atoms with Crippen LogP contribution in [-0.4, -0.2) is 48.5 Å². The minimum Gasteiger partial charge on any atom is -0.354 e. The summed E-state index contributed by atoms with van der Waals surface area (Å²) in [7, 11) is 0. The first-order chi connectivity index (χ1) is 13.3. The molecule has 150 valence electrons. The van der Waals surface area contributed by atoms with Gasteiger partial charge in [-0.1, -0.05) is 51.1 Å². The fourth-order valence-corrected chi connectivity index (χ4v) is 3.52. The SMILES string of the molecule is CC(NC(=O)CN1CCN(c2ccccn2)CC1)c1ccc(C(C)(C)C)cc1. The van der Waals surface area contributed by atoms with E-state index in [4.69, 9.17) is 0 Å². The summed E-state index contributed by atoms with van der Waals surface area (Å²) in [5.74, 6) is 1.10. The molecule has 5 heteroatoms. The highest BCUT2D eigenvalue weighted by Gasteiger charge is 2.21. The largest absolute Gasteiger partial charge is 0.354 e. The molecule has 3 rings (SSSR count). The minimum absolute atomic E-state index is 0.0105. The normalized spacial score (nSPS) is 16.6. The quantitative estimate of drug-likeness (QED) is 0.864. The number of rotatable bonds is 5. The van der Waals surface area contributed by atoms with Gasteiger partial charge in [-0.15, -0.1) is 0 Å². The highest BCUT2D eigenvalue weighted by molar-refractivity contribution is 5.78. The van der Waals surface area contributed by atoms with Crippen LogP contribution < -0.4 is 10.2 Å². The number of piperazine rings is 1. The summed E-state index contributed by atoms with van der Waals surface area (Å²) in [6, 6.07) is 14.6. The second-order valence-electron chi connectivity index (χ2n) is 8.61. The molecule has 1 unspecified atom stereocenters. The van der Waals surface area contributed by atoms with Crippen molar-refractivity contribution < 1.29 is 4.79 Å². The molecule has 1 amide bonds. The molecular weight excluding hydrogens is 348 g/mol. The fraction of sp³-hybridized carbons (Fsp3) is 0.478. The summed E-state index contributed by atoms with van der Waals surface area (Å²) in [4.78, 5) is 21.4. The van der Waals surface area contributed by atoms with Crippen molar-refractivity contribution in [2.24, 2.45) is 0 Å². The molecule has 5 nitrogen and oxygen atoms in total. The summed E-state index contributed by atoms with van der Waals surface area (Å²) >= 11 is 0. The van der Waals surface area contributed by atoms with Crippen LogP contribution in [0, 0.1) is 0 Å². The number of anilines is 1. The number of amides is 1. The van der Waals surface area contributed by atoms with Crippen LogP contribution in [0.5, 0.6) is 0 Å². The van der Waals surface area contributed by atoms with Crippen molar-refractivity contribution in [2.45, 2.75) is 39.2 Å². The maximum Gasteiger partial charge on any atom is 0.234 e. The highest BCUT2D eigenvalue weighted by Crippen LogP contribution is 2.24. The van der Waals surface area contributed by atoms with E-state index in [9.17, 15) is 4.79 Å². The van der Waals surface area contributed by atoms with Gasteiger partial charge in [-0.3, -0.25) is 9.69 Å². The summed E-state index contributed by atoms with van der Waals surface area (Å²) in [6.45, 7) is 12.7. The molecule has 0 radical (unpaired) electrons. The molecule has 1 saturated heterocycles. The van der Waals surface area contributed by atoms with Gasteiger partial charge >= 0.3 is 0 Å². The molecule has 2 heterocycles. The summed E-state index contributed by atoms with van der Waals surface area (Å²) in [5, 5.41) is 3.14. The lowest BCUT2D eigenvalue weighted by atomic mass is 9.86. The van der Waals surface area contributed by atoms with Gasteiger partial charge in [-0.05, 0) is 35.6 Å². The van der Waals surface area contributed by atoms with Crippen LogP contribution in [-0.2, 0) is 10.2 Å². The van der Waals surface area contributed by atoms with E-state index < -0.39 is 0 Å². The summed E-state index contributed by atoms with van der Waals surface area (Å²) in [6.07, 6.45) is 1.82. The lowest BCUT2D eigenvalue weighted by molar-refractivity contribution is -0.123. The third-order valence-corrected chi connectivity index (χ3v) is 5.37. The topological polar surface area (TPSA) is 48.5 Å². The number of benzene rings is 1. The van der Waals surface area contributed by atoms with E-state index >= 15 is 0 Å². The van der Waals surface area contributed by atoms with Crippen LogP contribution in [0.4, 0.5) is 5.82 Å². The molecule has 1 aromatic carbocycles. The lowest BCUT2D eigenvalue weighted by Gasteiger charge is -2.35. The van der Waals surface area contributed by atoms with Crippen molar-refractivity contribution in [1.82, 2.24) is 15.2 Å². The Bertz CT molecular complexity index is 759. The van der Waals surface area contributed by atoms with Crippen LogP contribution in [0.2, 0.25) is 0 Å². The standard InChI is InChI=1S/C23H32N4O/c1-18(19-8-10-20(11-9-19)23(2,3)4)25-22(28)17-26-13-15-27(16-14-26)21-7-5-6-12-24-21/h5-12,18H,13-17H2,1-4H3,(H,25,28). The van der Waals surface area contributed by atoms with Gasteiger partial charge in [0.1, 0.15) is 5.82 Å². The van der Waals surface area contributed by atoms with Crippen LogP contribution in [0.15, 0.2) is 48.7 Å². The highest BCUT2D eigenvalue weighted by atomic mass is 16.2. The number of pyridine rings is 1. The van der Waals surface area contributed by atoms with E-state index in [0.717, 1.165) is 37.6 Å². The number of carbonyl (C=O) groups excluding carboxylic acids is 1. The van der Waals surface area contributed by atoms with Crippen molar-refractivity contribution in [1.29, 1.82) is 0 Å². The number of hydrogen-bond acceptors (Lipinski definition) is 4. The summed E-state index contributed by atoms with van der Waals surface area (Å²) < 4.78 is 0. The van der Waals surface area contributed by atoms with Gasteiger partial charge in [0.15, 0.2) is 0 Å². The van der Waals surface area contributed by atoms with Crippen LogP contribution in [0.25, 0.3) is 0 Å². The Balaban J connectivity index is 1.46. The molecule has 1 aliphatic heterocycles. The Kier molecular flexibility index (Phi) is 6.35. The third-order valence-electron chi connectivity index (χ3n) is 5.37. The molecule has 2 aromatic rings. The Labute approximate surface area is 168 Å². The van der Waals surface area contributed by atoms with E-state index in [2.05, 4.69) is 65.1 Å². The number of nitrogens with one attached hydrogen (secondary N) is 1. The van der Waals surface area contributed by atoms with Gasteiger partial charge in [0.2, 0.25) is 5.91 Å². The van der Waals surface area contributed by atoms with E-state index in [-0.39, 0.29) is 17.4 Å². The molecule has 28 heavy (non-hydrogen) atoms.